The summed E-state index contributed by atoms with van der Waals surface area (Å²) in [6, 6.07) is 4.01. The SMILES string of the molecule is CC(Cc1ccco1)NS(=O)(=O)C(C)CNC1CC1. The van der Waals surface area contributed by atoms with E-state index in [0.29, 0.717) is 19.0 Å². The lowest BCUT2D eigenvalue weighted by Crippen LogP contribution is -2.43. The minimum Gasteiger partial charge on any atom is -0.469 e. The molecule has 2 N–H and O–H groups in total. The topological polar surface area (TPSA) is 71.3 Å². The van der Waals surface area contributed by atoms with Crippen molar-refractivity contribution in [2.75, 3.05) is 6.54 Å². The molecule has 2 unspecified atom stereocenters. The van der Waals surface area contributed by atoms with Crippen molar-refractivity contribution < 1.29 is 12.8 Å². The van der Waals surface area contributed by atoms with E-state index in [4.69, 9.17) is 4.42 Å². The average Bonchev–Trinajstić information content (AvgIpc) is 3.02. The van der Waals surface area contributed by atoms with E-state index in [2.05, 4.69) is 10.0 Å². The molecule has 19 heavy (non-hydrogen) atoms. The van der Waals surface area contributed by atoms with E-state index in [9.17, 15) is 8.42 Å². The van der Waals surface area contributed by atoms with Gasteiger partial charge in [0.25, 0.3) is 0 Å². The second-order valence-corrected chi connectivity index (χ2v) is 7.47. The molecule has 1 heterocycles. The maximum atomic E-state index is 12.1. The summed E-state index contributed by atoms with van der Waals surface area (Å²) in [4.78, 5) is 0. The number of hydrogen-bond acceptors (Lipinski definition) is 4. The van der Waals surface area contributed by atoms with Crippen molar-refractivity contribution in [3.05, 3.63) is 24.2 Å². The van der Waals surface area contributed by atoms with Crippen LogP contribution in [0.1, 0.15) is 32.4 Å². The highest BCUT2D eigenvalue weighted by molar-refractivity contribution is 7.90. The van der Waals surface area contributed by atoms with Crippen LogP contribution >= 0.6 is 0 Å². The smallest absolute Gasteiger partial charge is 0.215 e. The average molecular weight is 286 g/mol. The lowest BCUT2D eigenvalue weighted by Gasteiger charge is -2.18. The third kappa shape index (κ3) is 4.63. The monoisotopic (exact) mass is 286 g/mol. The minimum absolute atomic E-state index is 0.167. The van der Waals surface area contributed by atoms with Crippen LogP contribution in [0.4, 0.5) is 0 Å². The van der Waals surface area contributed by atoms with E-state index in [-0.39, 0.29) is 6.04 Å². The molecular weight excluding hydrogens is 264 g/mol. The molecule has 1 aromatic heterocycles. The number of nitrogens with one attached hydrogen (secondary N) is 2. The Bertz CT molecular complexity index is 480. The highest BCUT2D eigenvalue weighted by atomic mass is 32.2. The van der Waals surface area contributed by atoms with E-state index in [1.807, 2.05) is 13.0 Å². The third-order valence-corrected chi connectivity index (χ3v) is 5.21. The Morgan fingerprint density at radius 2 is 2.16 bits per heavy atom. The Kier molecular flexibility index (Phi) is 4.65. The first kappa shape index (κ1) is 14.6. The molecule has 2 rings (SSSR count). The van der Waals surface area contributed by atoms with Gasteiger partial charge in [-0.1, -0.05) is 0 Å². The summed E-state index contributed by atoms with van der Waals surface area (Å²) >= 11 is 0. The van der Waals surface area contributed by atoms with Gasteiger partial charge in [-0.15, -0.1) is 0 Å². The molecule has 1 saturated carbocycles. The van der Waals surface area contributed by atoms with Gasteiger partial charge >= 0.3 is 0 Å². The van der Waals surface area contributed by atoms with Crippen LogP contribution < -0.4 is 10.0 Å². The summed E-state index contributed by atoms with van der Waals surface area (Å²) in [6.45, 7) is 4.09. The fourth-order valence-corrected chi connectivity index (χ4v) is 3.09. The fraction of sp³-hybridized carbons (Fsp3) is 0.692. The van der Waals surface area contributed by atoms with E-state index in [0.717, 1.165) is 18.6 Å². The standard InChI is InChI=1S/C13H22N2O3S/c1-10(8-13-4-3-7-18-13)15-19(16,17)11(2)9-14-12-5-6-12/h3-4,7,10-12,14-15H,5-6,8-9H2,1-2H3. The summed E-state index contributed by atoms with van der Waals surface area (Å²) in [5, 5.41) is 2.82. The minimum atomic E-state index is -3.28. The van der Waals surface area contributed by atoms with Gasteiger partial charge in [-0.3, -0.25) is 0 Å². The van der Waals surface area contributed by atoms with Crippen LogP contribution in [0.2, 0.25) is 0 Å². The summed E-state index contributed by atoms with van der Waals surface area (Å²) in [5.74, 6) is 0.791. The first-order valence-corrected chi connectivity index (χ1v) is 8.29. The molecule has 108 valence electrons. The van der Waals surface area contributed by atoms with Crippen LogP contribution in [0.3, 0.4) is 0 Å². The van der Waals surface area contributed by atoms with Crippen LogP contribution in [0.15, 0.2) is 22.8 Å². The van der Waals surface area contributed by atoms with Crippen molar-refractivity contribution >= 4 is 10.0 Å². The molecule has 1 aliphatic rings. The van der Waals surface area contributed by atoms with Crippen molar-refractivity contribution in [1.82, 2.24) is 10.0 Å². The number of hydrogen-bond donors (Lipinski definition) is 2. The van der Waals surface area contributed by atoms with Gasteiger partial charge in [-0.2, -0.15) is 0 Å². The summed E-state index contributed by atoms with van der Waals surface area (Å²) in [5.41, 5.74) is 0. The molecule has 1 fully saturated rings. The molecule has 0 spiro atoms. The molecule has 0 saturated heterocycles. The predicted molar refractivity (Wildman–Crippen MR) is 74.4 cm³/mol. The normalized spacial score (nSPS) is 19.3. The van der Waals surface area contributed by atoms with E-state index in [1.54, 1.807) is 19.3 Å². The Morgan fingerprint density at radius 1 is 1.42 bits per heavy atom. The Morgan fingerprint density at radius 3 is 2.74 bits per heavy atom. The lowest BCUT2D eigenvalue weighted by atomic mass is 10.2. The van der Waals surface area contributed by atoms with Crippen molar-refractivity contribution in [3.63, 3.8) is 0 Å². The van der Waals surface area contributed by atoms with Gasteiger partial charge in [0.15, 0.2) is 0 Å². The van der Waals surface area contributed by atoms with Gasteiger partial charge in [-0.25, -0.2) is 13.1 Å². The van der Waals surface area contributed by atoms with Crippen LogP contribution in [0, 0.1) is 0 Å². The van der Waals surface area contributed by atoms with E-state index in [1.165, 1.54) is 0 Å². The van der Waals surface area contributed by atoms with Gasteiger partial charge in [0.2, 0.25) is 10.0 Å². The highest BCUT2D eigenvalue weighted by Crippen LogP contribution is 2.18. The molecule has 6 heteroatoms. The molecule has 1 aliphatic carbocycles. The summed E-state index contributed by atoms with van der Waals surface area (Å²) < 4.78 is 32.2. The second kappa shape index (κ2) is 6.07. The zero-order chi connectivity index (χ0) is 13.9. The molecule has 1 aromatic rings. The molecule has 5 nitrogen and oxygen atoms in total. The zero-order valence-electron chi connectivity index (χ0n) is 11.4. The van der Waals surface area contributed by atoms with Gasteiger partial charge in [0.1, 0.15) is 5.76 Å². The molecular formula is C13H22N2O3S. The number of sulfonamides is 1. The van der Waals surface area contributed by atoms with Crippen molar-refractivity contribution in [2.45, 2.75) is 50.4 Å². The molecule has 0 aromatic carbocycles. The fourth-order valence-electron chi connectivity index (χ4n) is 1.90. The summed E-state index contributed by atoms with van der Waals surface area (Å²) in [6.07, 6.45) is 4.48. The van der Waals surface area contributed by atoms with E-state index < -0.39 is 15.3 Å². The lowest BCUT2D eigenvalue weighted by molar-refractivity contribution is 0.476. The molecule has 0 aliphatic heterocycles. The first-order valence-electron chi connectivity index (χ1n) is 6.74. The van der Waals surface area contributed by atoms with Crippen molar-refractivity contribution in [1.29, 1.82) is 0 Å². The molecule has 0 radical (unpaired) electrons. The second-order valence-electron chi connectivity index (χ2n) is 5.34. The molecule has 2 atom stereocenters. The summed E-state index contributed by atoms with van der Waals surface area (Å²) in [7, 11) is -3.28. The van der Waals surface area contributed by atoms with Crippen LogP contribution in [-0.2, 0) is 16.4 Å². The number of rotatable bonds is 8. The quantitative estimate of drug-likeness (QED) is 0.755. The first-order chi connectivity index (χ1) is 8.97. The Labute approximate surface area is 114 Å². The molecule has 0 amide bonds. The largest absolute Gasteiger partial charge is 0.469 e. The van der Waals surface area contributed by atoms with E-state index >= 15 is 0 Å². The van der Waals surface area contributed by atoms with Crippen molar-refractivity contribution in [3.8, 4) is 0 Å². The van der Waals surface area contributed by atoms with Gasteiger partial charge in [0, 0.05) is 25.0 Å². The Balaban J connectivity index is 1.80. The highest BCUT2D eigenvalue weighted by Gasteiger charge is 2.26. The number of furan rings is 1. The van der Waals surface area contributed by atoms with Gasteiger partial charge in [0.05, 0.1) is 11.5 Å². The van der Waals surface area contributed by atoms with Crippen molar-refractivity contribution in [2.24, 2.45) is 0 Å². The maximum Gasteiger partial charge on any atom is 0.215 e. The zero-order valence-corrected chi connectivity index (χ0v) is 12.2. The third-order valence-electron chi connectivity index (χ3n) is 3.25. The maximum absolute atomic E-state index is 12.1. The Hall–Kier alpha value is -0.850. The molecule has 0 bridgehead atoms. The van der Waals surface area contributed by atoms with Crippen LogP contribution in [0.25, 0.3) is 0 Å². The van der Waals surface area contributed by atoms with Crippen LogP contribution in [0.5, 0.6) is 0 Å². The van der Waals surface area contributed by atoms with Gasteiger partial charge < -0.3 is 9.73 Å². The van der Waals surface area contributed by atoms with Gasteiger partial charge in [-0.05, 0) is 38.8 Å². The van der Waals surface area contributed by atoms with Crippen LogP contribution in [-0.4, -0.2) is 32.3 Å². The predicted octanol–water partition coefficient (Wildman–Crippen LogP) is 1.27.